The lowest BCUT2D eigenvalue weighted by Gasteiger charge is -2.14. The van der Waals surface area contributed by atoms with Gasteiger partial charge in [-0.3, -0.25) is 4.79 Å². The lowest BCUT2D eigenvalue weighted by Crippen LogP contribution is -2.16. The van der Waals surface area contributed by atoms with Crippen molar-refractivity contribution in [3.8, 4) is 11.5 Å². The lowest BCUT2D eigenvalue weighted by molar-refractivity contribution is -0.130. The molecule has 1 aromatic carbocycles. The van der Waals surface area contributed by atoms with Crippen LogP contribution in [0.5, 0.6) is 11.5 Å². The molecule has 0 radical (unpaired) electrons. The minimum atomic E-state index is -3.65. The maximum Gasteiger partial charge on any atom is 0.331 e. The van der Waals surface area contributed by atoms with Crippen molar-refractivity contribution in [2.75, 3.05) is 7.11 Å². The monoisotopic (exact) mass is 202 g/mol. The van der Waals surface area contributed by atoms with Gasteiger partial charge in [0.2, 0.25) is 0 Å². The van der Waals surface area contributed by atoms with E-state index in [1.807, 2.05) is 0 Å². The van der Waals surface area contributed by atoms with Gasteiger partial charge >= 0.3 is 5.92 Å². The van der Waals surface area contributed by atoms with Gasteiger partial charge in [-0.25, -0.2) is 0 Å². The fourth-order valence-corrected chi connectivity index (χ4v) is 1.07. The second kappa shape index (κ2) is 3.61. The highest BCUT2D eigenvalue weighted by Crippen LogP contribution is 2.38. The smallest absolute Gasteiger partial charge is 0.331 e. The number of hydrogen-bond acceptors (Lipinski definition) is 3. The van der Waals surface area contributed by atoms with E-state index < -0.39 is 23.5 Å². The van der Waals surface area contributed by atoms with Crippen LogP contribution in [0.3, 0.4) is 0 Å². The third-order valence-corrected chi connectivity index (χ3v) is 1.71. The van der Waals surface area contributed by atoms with Crippen molar-refractivity contribution in [3.63, 3.8) is 0 Å². The predicted molar refractivity (Wildman–Crippen MR) is 44.6 cm³/mol. The molecule has 0 aliphatic heterocycles. The normalized spacial score (nSPS) is 11.1. The molecule has 1 N–H and O–H groups in total. The zero-order chi connectivity index (χ0) is 10.8. The Kier molecular flexibility index (Phi) is 2.69. The fraction of sp³-hybridized carbons (Fsp3) is 0.222. The fourth-order valence-electron chi connectivity index (χ4n) is 1.07. The second-order valence-electron chi connectivity index (χ2n) is 2.60. The molecule has 0 spiro atoms. The minimum absolute atomic E-state index is 0.385. The summed E-state index contributed by atoms with van der Waals surface area (Å²) in [6.45, 7) is 0. The van der Waals surface area contributed by atoms with Crippen molar-refractivity contribution in [2.24, 2.45) is 0 Å². The number of methoxy groups -OCH3 is 1. The van der Waals surface area contributed by atoms with E-state index in [9.17, 15) is 18.7 Å². The summed E-state index contributed by atoms with van der Waals surface area (Å²) in [5.74, 6) is -4.46. The highest BCUT2D eigenvalue weighted by molar-refractivity contribution is 5.67. The Morgan fingerprint density at radius 2 is 2.14 bits per heavy atom. The third-order valence-electron chi connectivity index (χ3n) is 1.71. The first-order valence-corrected chi connectivity index (χ1v) is 3.73. The number of aldehydes is 1. The van der Waals surface area contributed by atoms with Crippen LogP contribution >= 0.6 is 0 Å². The zero-order valence-corrected chi connectivity index (χ0v) is 7.33. The Hall–Kier alpha value is -1.65. The first-order chi connectivity index (χ1) is 6.53. The highest BCUT2D eigenvalue weighted by atomic mass is 19.3. The Bertz CT molecular complexity index is 350. The molecule has 0 aliphatic carbocycles. The molecule has 0 aliphatic rings. The molecule has 0 aromatic heterocycles. The summed E-state index contributed by atoms with van der Waals surface area (Å²) in [7, 11) is 1.14. The van der Waals surface area contributed by atoms with Gasteiger partial charge in [0, 0.05) is 0 Å². The highest BCUT2D eigenvalue weighted by Gasteiger charge is 2.35. The Balaban J connectivity index is 3.34. The van der Waals surface area contributed by atoms with Crippen molar-refractivity contribution in [1.82, 2.24) is 0 Å². The molecule has 0 saturated carbocycles. The standard InChI is InChI=1S/C9H8F2O3/c1-14-8-6(9(10,11)5-12)3-2-4-7(8)13/h2-5,13H,1H3. The Morgan fingerprint density at radius 1 is 1.50 bits per heavy atom. The van der Waals surface area contributed by atoms with Crippen LogP contribution < -0.4 is 4.74 Å². The SMILES string of the molecule is COc1c(O)cccc1C(F)(F)C=O. The van der Waals surface area contributed by atoms with Crippen LogP contribution in [0.4, 0.5) is 8.78 Å². The number of ether oxygens (including phenoxy) is 1. The summed E-state index contributed by atoms with van der Waals surface area (Å²) in [6, 6.07) is 3.43. The van der Waals surface area contributed by atoms with E-state index in [1.165, 1.54) is 12.1 Å². The van der Waals surface area contributed by atoms with Crippen LogP contribution in [0.25, 0.3) is 0 Å². The molecular formula is C9H8F2O3. The van der Waals surface area contributed by atoms with E-state index in [-0.39, 0.29) is 5.75 Å². The van der Waals surface area contributed by atoms with Gasteiger partial charge in [0.25, 0.3) is 0 Å². The molecular weight excluding hydrogens is 194 g/mol. The largest absolute Gasteiger partial charge is 0.504 e. The first kappa shape index (κ1) is 10.4. The number of aromatic hydroxyl groups is 1. The van der Waals surface area contributed by atoms with E-state index in [2.05, 4.69) is 4.74 Å². The Labute approximate surface area is 78.9 Å². The van der Waals surface area contributed by atoms with Crippen LogP contribution in [0.2, 0.25) is 0 Å². The van der Waals surface area contributed by atoms with E-state index in [0.29, 0.717) is 0 Å². The number of halogens is 2. The number of carbonyl (C=O) groups is 1. The van der Waals surface area contributed by atoms with Crippen molar-refractivity contribution in [2.45, 2.75) is 5.92 Å². The molecule has 0 amide bonds. The summed E-state index contributed by atoms with van der Waals surface area (Å²) < 4.78 is 30.5. The maximum absolute atomic E-state index is 13.0. The van der Waals surface area contributed by atoms with Gasteiger partial charge in [0.05, 0.1) is 12.7 Å². The van der Waals surface area contributed by atoms with Gasteiger partial charge in [0.1, 0.15) is 0 Å². The average molecular weight is 202 g/mol. The third kappa shape index (κ3) is 1.66. The van der Waals surface area contributed by atoms with Gasteiger partial charge in [-0.15, -0.1) is 0 Å². The molecule has 76 valence electrons. The molecule has 0 atom stereocenters. The van der Waals surface area contributed by atoms with Gasteiger partial charge in [-0.05, 0) is 12.1 Å². The summed E-state index contributed by atoms with van der Waals surface area (Å²) in [6.07, 6.45) is -0.496. The van der Waals surface area contributed by atoms with Crippen molar-refractivity contribution in [1.29, 1.82) is 0 Å². The van der Waals surface area contributed by atoms with Crippen molar-refractivity contribution in [3.05, 3.63) is 23.8 Å². The molecule has 1 aromatic rings. The van der Waals surface area contributed by atoms with E-state index in [1.54, 1.807) is 0 Å². The van der Waals surface area contributed by atoms with Gasteiger partial charge in [-0.2, -0.15) is 8.78 Å². The van der Waals surface area contributed by atoms with E-state index >= 15 is 0 Å². The maximum atomic E-state index is 13.0. The number of carbonyl (C=O) groups excluding carboxylic acids is 1. The average Bonchev–Trinajstić information content (AvgIpc) is 2.17. The molecule has 0 bridgehead atoms. The summed E-state index contributed by atoms with van der Waals surface area (Å²) in [5, 5.41) is 9.18. The molecule has 5 heteroatoms. The molecule has 3 nitrogen and oxygen atoms in total. The lowest BCUT2D eigenvalue weighted by atomic mass is 10.1. The molecule has 14 heavy (non-hydrogen) atoms. The summed E-state index contributed by atoms with van der Waals surface area (Å²) >= 11 is 0. The number of benzene rings is 1. The number of para-hydroxylation sites is 1. The quantitative estimate of drug-likeness (QED) is 0.758. The van der Waals surface area contributed by atoms with Crippen LogP contribution in [0, 0.1) is 0 Å². The minimum Gasteiger partial charge on any atom is -0.504 e. The predicted octanol–water partition coefficient (Wildman–Crippen LogP) is 1.69. The topological polar surface area (TPSA) is 46.5 Å². The van der Waals surface area contributed by atoms with Crippen molar-refractivity contribution >= 4 is 6.29 Å². The second-order valence-corrected chi connectivity index (χ2v) is 2.60. The van der Waals surface area contributed by atoms with Gasteiger partial charge in [-0.1, -0.05) is 6.07 Å². The number of phenolic OH excluding ortho intramolecular Hbond substituents is 1. The van der Waals surface area contributed by atoms with Crippen LogP contribution in [0.1, 0.15) is 5.56 Å². The van der Waals surface area contributed by atoms with Crippen LogP contribution in [-0.4, -0.2) is 18.5 Å². The molecule has 0 saturated heterocycles. The van der Waals surface area contributed by atoms with Gasteiger partial charge in [0.15, 0.2) is 17.8 Å². The van der Waals surface area contributed by atoms with E-state index in [4.69, 9.17) is 0 Å². The molecule has 0 fully saturated rings. The molecule has 0 heterocycles. The molecule has 0 unspecified atom stereocenters. The summed E-state index contributed by atoms with van der Waals surface area (Å²) in [4.78, 5) is 10.1. The summed E-state index contributed by atoms with van der Waals surface area (Å²) in [5.41, 5.74) is -0.644. The number of phenols is 1. The zero-order valence-electron chi connectivity index (χ0n) is 7.33. The number of hydrogen-bond donors (Lipinski definition) is 1. The van der Waals surface area contributed by atoms with Gasteiger partial charge < -0.3 is 9.84 Å². The first-order valence-electron chi connectivity index (χ1n) is 3.73. The Morgan fingerprint density at radius 3 is 2.64 bits per heavy atom. The van der Waals surface area contributed by atoms with Crippen LogP contribution in [-0.2, 0) is 10.7 Å². The van der Waals surface area contributed by atoms with E-state index in [0.717, 1.165) is 13.2 Å². The van der Waals surface area contributed by atoms with Crippen molar-refractivity contribution < 1.29 is 23.4 Å². The number of alkyl halides is 2. The van der Waals surface area contributed by atoms with Crippen LogP contribution in [0.15, 0.2) is 18.2 Å². The molecule has 1 rings (SSSR count). The number of rotatable bonds is 3.